The fourth-order valence-electron chi connectivity index (χ4n) is 9.86. The molecular formula is C44H52F2N6O7. The van der Waals surface area contributed by atoms with Crippen LogP contribution in [-0.2, 0) is 9.47 Å². The van der Waals surface area contributed by atoms with Gasteiger partial charge in [0.1, 0.15) is 39.6 Å². The molecule has 1 aliphatic carbocycles. The molecule has 5 heterocycles. The van der Waals surface area contributed by atoms with Crippen LogP contribution in [0.15, 0.2) is 24.3 Å². The van der Waals surface area contributed by atoms with Gasteiger partial charge in [0, 0.05) is 48.6 Å². The molecule has 0 spiro atoms. The topological polar surface area (TPSA) is 143 Å². The number of aliphatic hydroxyl groups is 1. The van der Waals surface area contributed by atoms with Crippen LogP contribution in [-0.4, -0.2) is 126 Å². The van der Waals surface area contributed by atoms with Crippen molar-refractivity contribution in [3.05, 3.63) is 41.5 Å². The lowest BCUT2D eigenvalue weighted by molar-refractivity contribution is -0.0123. The lowest BCUT2D eigenvalue weighted by atomic mass is 9.75. The fourth-order valence-corrected chi connectivity index (χ4v) is 9.86. The van der Waals surface area contributed by atoms with E-state index in [1.54, 1.807) is 11.8 Å². The minimum Gasteiger partial charge on any atom is -0.508 e. The number of pyridine rings is 1. The Balaban J connectivity index is 1.17. The quantitative estimate of drug-likeness (QED) is 0.174. The molecule has 59 heavy (non-hydrogen) atoms. The molecule has 4 fully saturated rings. The van der Waals surface area contributed by atoms with E-state index in [4.69, 9.17) is 35.3 Å². The maximum absolute atomic E-state index is 17.4. The first-order valence-electron chi connectivity index (χ1n) is 20.6. The minimum atomic E-state index is -1.27. The van der Waals surface area contributed by atoms with E-state index in [1.165, 1.54) is 31.4 Å². The van der Waals surface area contributed by atoms with Gasteiger partial charge in [-0.3, -0.25) is 4.90 Å². The van der Waals surface area contributed by atoms with Gasteiger partial charge >= 0.3 is 12.1 Å². The number of piperidine rings is 1. The number of β-amino-alcohol motifs (C(OH)–C–C–N with tert-alkyl or cyclic N) is 1. The van der Waals surface area contributed by atoms with Crippen molar-refractivity contribution in [2.24, 2.45) is 11.3 Å². The smallest absolute Gasteiger partial charge is 0.409 e. The van der Waals surface area contributed by atoms with Crippen LogP contribution in [0.3, 0.4) is 0 Å². The van der Waals surface area contributed by atoms with E-state index in [1.807, 2.05) is 11.8 Å². The van der Waals surface area contributed by atoms with E-state index >= 15 is 8.78 Å². The number of methoxy groups -OCH3 is 1. The minimum absolute atomic E-state index is 0.0283. The second-order valence-corrected chi connectivity index (χ2v) is 16.8. The molecule has 15 heteroatoms. The Kier molecular flexibility index (Phi) is 11.4. The second kappa shape index (κ2) is 16.5. The monoisotopic (exact) mass is 814 g/mol. The highest BCUT2D eigenvalue weighted by Crippen LogP contribution is 2.49. The van der Waals surface area contributed by atoms with Crippen LogP contribution in [0.1, 0.15) is 64.4 Å². The third-order valence-corrected chi connectivity index (χ3v) is 12.5. The van der Waals surface area contributed by atoms with Gasteiger partial charge in [-0.15, -0.1) is 6.42 Å². The van der Waals surface area contributed by atoms with Crippen LogP contribution in [0, 0.1) is 35.3 Å². The molecule has 2 aromatic heterocycles. The van der Waals surface area contributed by atoms with Crippen LogP contribution in [0.5, 0.6) is 17.6 Å². The molecule has 0 unspecified atom stereocenters. The molecule has 3 saturated heterocycles. The number of aromatic nitrogens is 3. The molecule has 0 radical (unpaired) electrons. The third kappa shape index (κ3) is 7.90. The van der Waals surface area contributed by atoms with E-state index < -0.39 is 17.2 Å². The average molecular weight is 815 g/mol. The van der Waals surface area contributed by atoms with Crippen LogP contribution in [0.2, 0.25) is 0 Å². The van der Waals surface area contributed by atoms with E-state index in [2.05, 4.69) is 15.8 Å². The predicted octanol–water partition coefficient (Wildman–Crippen LogP) is 6.29. The number of terminal acetylenes is 1. The Morgan fingerprint density at radius 3 is 2.73 bits per heavy atom. The standard InChI is InChI=1S/C44H52F2N6O7/c1-5-18-58-42(54)51-16-12-27(23-51)22-50-15-8-14-44(13-7-9-33(44)50)26-59-41-48-38-35(39(49-41)52-17-19-57-25-43(3,55)24-52)40(56-4)47-37(36(38)46)31-21-29(53)20-28-10-11-32(45)30(6-2)34(28)31/h2,10-11,20-21,27,33,53,55H,5,7-9,12-19,22-26H2,1,3-4H3/t27-,33-,43+,44-/m1/s1. The van der Waals surface area contributed by atoms with Crippen LogP contribution in [0.4, 0.5) is 19.4 Å². The summed E-state index contributed by atoms with van der Waals surface area (Å²) < 4.78 is 56.1. The molecule has 0 bridgehead atoms. The summed E-state index contributed by atoms with van der Waals surface area (Å²) in [4.78, 5) is 33.0. The summed E-state index contributed by atoms with van der Waals surface area (Å²) in [6.07, 6.45) is 12.2. The Morgan fingerprint density at radius 1 is 1.10 bits per heavy atom. The summed E-state index contributed by atoms with van der Waals surface area (Å²) in [5.74, 6) is 1.18. The molecule has 4 atom stereocenters. The van der Waals surface area contributed by atoms with Gasteiger partial charge in [0.15, 0.2) is 5.82 Å². The molecule has 314 valence electrons. The van der Waals surface area contributed by atoms with Gasteiger partial charge in [0.05, 0.1) is 45.6 Å². The number of hydrogen-bond acceptors (Lipinski definition) is 12. The molecule has 13 nitrogen and oxygen atoms in total. The van der Waals surface area contributed by atoms with E-state index in [-0.39, 0.29) is 93.9 Å². The number of carbonyl (C=O) groups excluding carboxylic acids is 1. The molecule has 4 aliphatic rings. The highest BCUT2D eigenvalue weighted by atomic mass is 19.1. The Bertz CT molecular complexity index is 2290. The Labute approximate surface area is 342 Å². The van der Waals surface area contributed by atoms with Crippen LogP contribution >= 0.6 is 0 Å². The van der Waals surface area contributed by atoms with Gasteiger partial charge in [-0.2, -0.15) is 9.97 Å². The van der Waals surface area contributed by atoms with Gasteiger partial charge in [-0.05, 0) is 81.5 Å². The number of carbonyl (C=O) groups is 1. The van der Waals surface area contributed by atoms with Crippen LogP contribution in [0.25, 0.3) is 32.9 Å². The maximum atomic E-state index is 17.4. The number of hydrogen-bond donors (Lipinski definition) is 2. The largest absolute Gasteiger partial charge is 0.508 e. The SMILES string of the molecule is C#Cc1c(F)ccc2cc(O)cc(-c3nc(OC)c4c(N5CCOC[C@@](C)(O)C5)nc(OC[C@]56CCC[C@H]5N(C[C@H]5CCN(C(=O)OCCC)C5)CCC6)nc4c3F)c12. The summed E-state index contributed by atoms with van der Waals surface area (Å²) in [6.45, 7) is 8.36. The summed E-state index contributed by atoms with van der Waals surface area (Å²) in [5.41, 5.74) is -1.94. The number of nitrogens with zero attached hydrogens (tertiary/aromatic N) is 6. The second-order valence-electron chi connectivity index (χ2n) is 16.8. The highest BCUT2D eigenvalue weighted by molar-refractivity contribution is 6.04. The van der Waals surface area contributed by atoms with Crippen molar-refractivity contribution in [2.75, 3.05) is 77.7 Å². The number of aromatic hydroxyl groups is 1. The summed E-state index contributed by atoms with van der Waals surface area (Å²) in [7, 11) is 1.39. The number of likely N-dealkylation sites (tertiary alicyclic amines) is 2. The van der Waals surface area contributed by atoms with E-state index in [0.717, 1.165) is 58.0 Å². The molecule has 2 N–H and O–H groups in total. The molecule has 1 amide bonds. The Morgan fingerprint density at radius 2 is 1.93 bits per heavy atom. The van der Waals surface area contributed by atoms with Crippen molar-refractivity contribution >= 4 is 33.6 Å². The van der Waals surface area contributed by atoms with E-state index in [0.29, 0.717) is 44.2 Å². The first-order valence-corrected chi connectivity index (χ1v) is 20.6. The number of rotatable bonds is 10. The van der Waals surface area contributed by atoms with Gasteiger partial charge in [-0.1, -0.05) is 25.3 Å². The highest BCUT2D eigenvalue weighted by Gasteiger charge is 2.49. The number of halogens is 2. The van der Waals surface area contributed by atoms with Gasteiger partial charge in [0.2, 0.25) is 5.88 Å². The third-order valence-electron chi connectivity index (χ3n) is 12.5. The zero-order chi connectivity index (χ0) is 41.5. The van der Waals surface area contributed by atoms with E-state index in [9.17, 15) is 15.0 Å². The first kappa shape index (κ1) is 40.7. The normalized spacial score (nSPS) is 24.9. The van der Waals surface area contributed by atoms with Crippen molar-refractivity contribution in [2.45, 2.75) is 70.4 Å². The van der Waals surface area contributed by atoms with Crippen molar-refractivity contribution < 1.29 is 42.7 Å². The Hall–Kier alpha value is -5.04. The number of benzene rings is 2. The fraction of sp³-hybridized carbons (Fsp3) is 0.545. The lowest BCUT2D eigenvalue weighted by Gasteiger charge is -2.47. The first-order chi connectivity index (χ1) is 28.4. The molecule has 2 aromatic carbocycles. The predicted molar refractivity (Wildman–Crippen MR) is 218 cm³/mol. The van der Waals surface area contributed by atoms with Crippen molar-refractivity contribution in [3.8, 4) is 41.2 Å². The number of amides is 1. The maximum Gasteiger partial charge on any atom is 0.409 e. The van der Waals surface area contributed by atoms with Gasteiger partial charge < -0.3 is 39.0 Å². The molecule has 3 aliphatic heterocycles. The van der Waals surface area contributed by atoms with Gasteiger partial charge in [0.25, 0.3) is 0 Å². The number of anilines is 1. The number of phenolic OH excluding ortho intramolecular Hbond substituents is 1. The van der Waals surface area contributed by atoms with Crippen LogP contribution < -0.4 is 14.4 Å². The molecular weight excluding hydrogens is 763 g/mol. The summed E-state index contributed by atoms with van der Waals surface area (Å²) in [6, 6.07) is 5.57. The molecule has 4 aromatic rings. The number of ether oxygens (including phenoxy) is 4. The summed E-state index contributed by atoms with van der Waals surface area (Å²) >= 11 is 0. The molecule has 8 rings (SSSR count). The summed E-state index contributed by atoms with van der Waals surface area (Å²) in [5, 5.41) is 22.7. The molecule has 1 saturated carbocycles. The van der Waals surface area contributed by atoms with Crippen molar-refractivity contribution in [3.63, 3.8) is 0 Å². The number of phenols is 1. The zero-order valence-electron chi connectivity index (χ0n) is 33.9. The van der Waals surface area contributed by atoms with Crippen molar-refractivity contribution in [1.82, 2.24) is 24.8 Å². The van der Waals surface area contributed by atoms with Crippen molar-refractivity contribution in [1.29, 1.82) is 0 Å². The average Bonchev–Trinajstić information content (AvgIpc) is 3.84. The van der Waals surface area contributed by atoms with Gasteiger partial charge in [-0.25, -0.2) is 18.6 Å². The number of fused-ring (bicyclic) bond motifs is 3. The zero-order valence-corrected chi connectivity index (χ0v) is 33.9. The lowest BCUT2D eigenvalue weighted by Crippen LogP contribution is -2.53.